The normalized spacial score (nSPS) is 14.5. The molecule has 0 fully saturated rings. The average molecular weight is 684 g/mol. The van der Waals surface area contributed by atoms with Crippen LogP contribution in [0.2, 0.25) is 0 Å². The van der Waals surface area contributed by atoms with Crippen molar-refractivity contribution in [3.05, 3.63) is 24.3 Å². The highest BCUT2D eigenvalue weighted by Crippen LogP contribution is 2.43. The lowest BCUT2D eigenvalue weighted by atomic mass is 9.68. The van der Waals surface area contributed by atoms with Crippen LogP contribution in [-0.4, -0.2) is 85.5 Å². The van der Waals surface area contributed by atoms with Crippen molar-refractivity contribution in [3.8, 4) is 6.07 Å². The van der Waals surface area contributed by atoms with E-state index in [0.717, 1.165) is 18.2 Å². The minimum Gasteiger partial charge on any atom is -0.469 e. The molecular formula is C33H49NO12S. The van der Waals surface area contributed by atoms with E-state index in [1.54, 1.807) is 0 Å². The molecule has 0 aromatic rings. The number of nitriles is 1. The minimum atomic E-state index is -1.52. The van der Waals surface area contributed by atoms with E-state index >= 15 is 0 Å². The van der Waals surface area contributed by atoms with Crippen LogP contribution in [-0.2, 0) is 52.5 Å². The van der Waals surface area contributed by atoms with Crippen molar-refractivity contribution < 1.29 is 57.6 Å². The maximum atomic E-state index is 13.4. The fourth-order valence-corrected chi connectivity index (χ4v) is 4.98. The Labute approximate surface area is 281 Å². The van der Waals surface area contributed by atoms with Gasteiger partial charge in [-0.3, -0.25) is 19.2 Å². The van der Waals surface area contributed by atoms with E-state index in [1.807, 2.05) is 6.92 Å². The molecule has 47 heavy (non-hydrogen) atoms. The zero-order valence-corrected chi connectivity index (χ0v) is 29.2. The molecule has 0 heterocycles. The number of rotatable bonds is 23. The molecule has 0 amide bonds. The van der Waals surface area contributed by atoms with Crippen molar-refractivity contribution in [1.29, 1.82) is 5.26 Å². The molecule has 4 unspecified atom stereocenters. The van der Waals surface area contributed by atoms with Gasteiger partial charge >= 0.3 is 29.8 Å². The number of aliphatic hydroxyl groups excluding tert-OH is 1. The number of methoxy groups -OCH3 is 1. The van der Waals surface area contributed by atoms with Crippen LogP contribution in [0.3, 0.4) is 0 Å². The number of esters is 5. The lowest BCUT2D eigenvalue weighted by Gasteiger charge is -2.36. The van der Waals surface area contributed by atoms with Gasteiger partial charge in [0.1, 0.15) is 19.3 Å². The van der Waals surface area contributed by atoms with E-state index in [0.29, 0.717) is 6.42 Å². The molecule has 0 spiro atoms. The second kappa shape index (κ2) is 22.0. The molecule has 4 atom stereocenters. The molecule has 1 N–H and O–H groups in total. The van der Waals surface area contributed by atoms with Crippen LogP contribution in [0.15, 0.2) is 24.3 Å². The number of aliphatic hydroxyl groups is 1. The van der Waals surface area contributed by atoms with Gasteiger partial charge in [0.05, 0.1) is 43.1 Å². The van der Waals surface area contributed by atoms with E-state index in [4.69, 9.17) is 23.7 Å². The summed E-state index contributed by atoms with van der Waals surface area (Å²) < 4.78 is 25.4. The highest BCUT2D eigenvalue weighted by molar-refractivity contribution is 8.13. The number of hydrogen-bond acceptors (Lipinski definition) is 14. The number of unbranched alkanes of at least 4 members (excludes halogenated alkanes) is 1. The van der Waals surface area contributed by atoms with Crippen molar-refractivity contribution in [2.24, 2.45) is 16.7 Å². The van der Waals surface area contributed by atoms with Gasteiger partial charge in [-0.2, -0.15) is 5.26 Å². The van der Waals surface area contributed by atoms with Gasteiger partial charge in [-0.25, -0.2) is 9.59 Å². The summed E-state index contributed by atoms with van der Waals surface area (Å²) in [6.45, 7) is 14.0. The fourth-order valence-electron chi connectivity index (χ4n) is 3.98. The first kappa shape index (κ1) is 43.3. The molecule has 0 rings (SSSR count). The predicted octanol–water partition coefficient (Wildman–Crippen LogP) is 4.01. The summed E-state index contributed by atoms with van der Waals surface area (Å²) >= 11 is 0.854. The van der Waals surface area contributed by atoms with E-state index in [1.165, 1.54) is 34.8 Å². The molecule has 0 saturated heterocycles. The number of ether oxygens (including phenoxy) is 5. The van der Waals surface area contributed by atoms with Gasteiger partial charge in [0.2, 0.25) is 0 Å². The second-order valence-corrected chi connectivity index (χ2v) is 12.8. The van der Waals surface area contributed by atoms with Crippen LogP contribution in [0.5, 0.6) is 0 Å². The topological polar surface area (TPSA) is 193 Å². The quantitative estimate of drug-likeness (QED) is 0.0703. The number of nitrogens with zero attached hydrogens (tertiary/aromatic N) is 1. The summed E-state index contributed by atoms with van der Waals surface area (Å²) in [7, 11) is 1.17. The van der Waals surface area contributed by atoms with Crippen molar-refractivity contribution >= 4 is 46.7 Å². The summed E-state index contributed by atoms with van der Waals surface area (Å²) in [6, 6.07) is 2.11. The molecule has 13 nitrogen and oxygen atoms in total. The maximum Gasteiger partial charge on any atom is 0.333 e. The van der Waals surface area contributed by atoms with Crippen LogP contribution < -0.4 is 0 Å². The number of carbonyl (C=O) groups excluding carboxylic acids is 6. The van der Waals surface area contributed by atoms with E-state index < -0.39 is 65.9 Å². The van der Waals surface area contributed by atoms with Crippen LogP contribution in [0.25, 0.3) is 0 Å². The van der Waals surface area contributed by atoms with Crippen molar-refractivity contribution in [2.75, 3.05) is 39.3 Å². The van der Waals surface area contributed by atoms with E-state index in [-0.39, 0.29) is 67.3 Å². The summed E-state index contributed by atoms with van der Waals surface area (Å²) in [5.74, 6) is -4.78. The highest BCUT2D eigenvalue weighted by atomic mass is 32.2. The summed E-state index contributed by atoms with van der Waals surface area (Å²) in [6.07, 6.45) is -0.392. The fraction of sp³-hybridized carbons (Fsp3) is 0.667. The molecule has 0 aliphatic carbocycles. The lowest BCUT2D eigenvalue weighted by Crippen LogP contribution is -2.42. The molecule has 0 saturated carbocycles. The summed E-state index contributed by atoms with van der Waals surface area (Å²) in [5, 5.41) is 19.9. The molecular weight excluding hydrogens is 634 g/mol. The maximum absolute atomic E-state index is 13.4. The Morgan fingerprint density at radius 3 is 2.02 bits per heavy atom. The average Bonchev–Trinajstić information content (AvgIpc) is 3.04. The highest BCUT2D eigenvalue weighted by Gasteiger charge is 2.48. The number of hydrogen-bond donors (Lipinski definition) is 1. The standard InChI is InChI=1S/C33H49NO12S/c1-9-10-15-44-30(40)25(32(6,20-34)14-13-26(36)45-18-24(35)19-46-29(39)23(4)5)17-33(7,31(41)42-8)21-47-27(37)12-11-16-43-28(38)22(2)3/h24-25,35H,2,4,9-19,21H2,1,3,5-8H3. The van der Waals surface area contributed by atoms with Crippen LogP contribution in [0.4, 0.5) is 0 Å². The predicted molar refractivity (Wildman–Crippen MR) is 172 cm³/mol. The first-order valence-electron chi connectivity index (χ1n) is 15.3. The van der Waals surface area contributed by atoms with Crippen molar-refractivity contribution in [3.63, 3.8) is 0 Å². The molecule has 0 aliphatic heterocycles. The van der Waals surface area contributed by atoms with Crippen LogP contribution in [0, 0.1) is 28.1 Å². The number of thioether (sulfide) groups is 1. The first-order chi connectivity index (χ1) is 22.0. The molecule has 0 aliphatic rings. The Hall–Kier alpha value is -3.70. The smallest absolute Gasteiger partial charge is 0.333 e. The lowest BCUT2D eigenvalue weighted by molar-refractivity contribution is -0.160. The zero-order chi connectivity index (χ0) is 36.2. The van der Waals surface area contributed by atoms with Gasteiger partial charge in [-0.05, 0) is 53.4 Å². The molecule has 0 bridgehead atoms. The Balaban J connectivity index is 5.71. The Morgan fingerprint density at radius 2 is 1.47 bits per heavy atom. The third-order valence-corrected chi connectivity index (χ3v) is 8.39. The van der Waals surface area contributed by atoms with E-state index in [2.05, 4.69) is 19.2 Å². The SMILES string of the molecule is C=C(C)C(=O)OCCCC(=O)SCC(C)(CC(C(=O)OCCCC)C(C)(C#N)CCC(=O)OCC(O)COC(=O)C(=C)C)C(=O)OC. The van der Waals surface area contributed by atoms with E-state index in [9.17, 15) is 39.1 Å². The minimum absolute atomic E-state index is 0.0162. The first-order valence-corrected chi connectivity index (χ1v) is 16.3. The van der Waals surface area contributed by atoms with Gasteiger partial charge < -0.3 is 28.8 Å². The zero-order valence-electron chi connectivity index (χ0n) is 28.3. The Morgan fingerprint density at radius 1 is 0.894 bits per heavy atom. The van der Waals surface area contributed by atoms with Crippen LogP contribution >= 0.6 is 11.8 Å². The largest absolute Gasteiger partial charge is 0.469 e. The third kappa shape index (κ3) is 16.6. The van der Waals surface area contributed by atoms with Gasteiger partial charge in [-0.15, -0.1) is 0 Å². The van der Waals surface area contributed by atoms with Crippen LogP contribution in [0.1, 0.15) is 79.6 Å². The Bertz CT molecular complexity index is 1180. The monoisotopic (exact) mass is 683 g/mol. The molecule has 0 aromatic carbocycles. The summed E-state index contributed by atoms with van der Waals surface area (Å²) in [5.41, 5.74) is -2.56. The van der Waals surface area contributed by atoms with Gasteiger partial charge in [0.15, 0.2) is 5.12 Å². The van der Waals surface area contributed by atoms with Crippen molar-refractivity contribution in [2.45, 2.75) is 85.7 Å². The van der Waals surface area contributed by atoms with Crippen molar-refractivity contribution in [1.82, 2.24) is 0 Å². The van der Waals surface area contributed by atoms with Gasteiger partial charge in [0, 0.05) is 29.7 Å². The molecule has 264 valence electrons. The molecule has 0 aromatic heterocycles. The van der Waals surface area contributed by atoms with Gasteiger partial charge in [0.25, 0.3) is 0 Å². The second-order valence-electron chi connectivity index (χ2n) is 11.8. The third-order valence-electron chi connectivity index (χ3n) is 7.08. The number of carbonyl (C=O) groups is 6. The van der Waals surface area contributed by atoms with Gasteiger partial charge in [-0.1, -0.05) is 38.3 Å². The molecule has 0 radical (unpaired) electrons. The summed E-state index contributed by atoms with van der Waals surface area (Å²) in [4.78, 5) is 74.6. The Kier molecular flexibility index (Phi) is 20.2. The molecule has 14 heteroatoms.